The summed E-state index contributed by atoms with van der Waals surface area (Å²) in [5.74, 6) is -0.164. The van der Waals surface area contributed by atoms with Crippen LogP contribution < -0.4 is 5.32 Å². The maximum absolute atomic E-state index is 10.8. The predicted molar refractivity (Wildman–Crippen MR) is 47.9 cm³/mol. The molecule has 1 heterocycles. The molecule has 1 N–H and O–H groups in total. The van der Waals surface area contributed by atoms with Crippen LogP contribution >= 0.6 is 11.3 Å². The lowest BCUT2D eigenvalue weighted by Crippen LogP contribution is -2.05. The fraction of sp³-hybridized carbons (Fsp3) is 0.125. The number of carbonyl (C=O) groups is 1. The van der Waals surface area contributed by atoms with Crippen LogP contribution in [0, 0.1) is 6.92 Å². The molecular weight excluding hydrogens is 158 g/mol. The highest BCUT2D eigenvalue weighted by molar-refractivity contribution is 7.10. The van der Waals surface area contributed by atoms with Crippen molar-refractivity contribution in [1.29, 1.82) is 0 Å². The van der Waals surface area contributed by atoms with Gasteiger partial charge < -0.3 is 5.32 Å². The number of carbonyl (C=O) groups excluding carboxylic acids is 1. The molecule has 1 amide bonds. The fourth-order valence-electron chi connectivity index (χ4n) is 0.702. The minimum Gasteiger partial charge on any atom is -0.322 e. The Hall–Kier alpha value is -1.09. The first-order valence-corrected chi connectivity index (χ1v) is 4.09. The van der Waals surface area contributed by atoms with Crippen molar-refractivity contribution in [3.05, 3.63) is 29.0 Å². The molecule has 0 spiro atoms. The standard InChI is InChI=1S/C8H9NOS/c1-3-8(10)9-7-4-6(2)11-5-7/h3-5H,1H2,2H3,(H,9,10). The molecule has 0 aliphatic rings. The van der Waals surface area contributed by atoms with Gasteiger partial charge in [-0.3, -0.25) is 4.79 Å². The minimum absolute atomic E-state index is 0.164. The molecule has 1 rings (SSSR count). The van der Waals surface area contributed by atoms with Crippen molar-refractivity contribution < 1.29 is 4.79 Å². The molecule has 1 aromatic rings. The Morgan fingerprint density at radius 3 is 3.00 bits per heavy atom. The molecule has 11 heavy (non-hydrogen) atoms. The first kappa shape index (κ1) is 8.01. The number of aryl methyl sites for hydroxylation is 1. The molecule has 2 nitrogen and oxygen atoms in total. The molecule has 0 aliphatic carbocycles. The third-order valence-corrected chi connectivity index (χ3v) is 2.04. The van der Waals surface area contributed by atoms with Crippen LogP contribution in [0.4, 0.5) is 5.69 Å². The SMILES string of the molecule is C=CC(=O)Nc1csc(C)c1. The van der Waals surface area contributed by atoms with Gasteiger partial charge in [0.05, 0.1) is 5.69 Å². The molecule has 58 valence electrons. The topological polar surface area (TPSA) is 29.1 Å². The lowest BCUT2D eigenvalue weighted by Gasteiger charge is -1.94. The second-order valence-corrected chi connectivity index (χ2v) is 3.25. The Bertz CT molecular complexity index is 277. The number of hydrogen-bond donors (Lipinski definition) is 1. The maximum Gasteiger partial charge on any atom is 0.247 e. The molecule has 0 bridgehead atoms. The van der Waals surface area contributed by atoms with Gasteiger partial charge in [0.2, 0.25) is 5.91 Å². The highest BCUT2D eigenvalue weighted by Crippen LogP contribution is 2.17. The van der Waals surface area contributed by atoms with Gasteiger partial charge in [0.1, 0.15) is 0 Å². The summed E-state index contributed by atoms with van der Waals surface area (Å²) in [6, 6.07) is 1.92. The molecule has 0 aliphatic heterocycles. The van der Waals surface area contributed by atoms with E-state index in [1.807, 2.05) is 18.4 Å². The zero-order valence-electron chi connectivity index (χ0n) is 6.26. The molecule has 0 unspecified atom stereocenters. The van der Waals surface area contributed by atoms with Gasteiger partial charge in [-0.1, -0.05) is 6.58 Å². The Morgan fingerprint density at radius 2 is 2.55 bits per heavy atom. The molecule has 0 fully saturated rings. The quantitative estimate of drug-likeness (QED) is 0.672. The summed E-state index contributed by atoms with van der Waals surface area (Å²) in [5.41, 5.74) is 0.845. The summed E-state index contributed by atoms with van der Waals surface area (Å²) in [4.78, 5) is 12.0. The number of rotatable bonds is 2. The fourth-order valence-corrected chi connectivity index (χ4v) is 1.34. The highest BCUT2D eigenvalue weighted by Gasteiger charge is 1.97. The van der Waals surface area contributed by atoms with Crippen LogP contribution in [0.2, 0.25) is 0 Å². The van der Waals surface area contributed by atoms with Crippen LogP contribution in [-0.2, 0) is 4.79 Å². The van der Waals surface area contributed by atoms with E-state index >= 15 is 0 Å². The van der Waals surface area contributed by atoms with Gasteiger partial charge in [-0.2, -0.15) is 0 Å². The van der Waals surface area contributed by atoms with E-state index in [1.54, 1.807) is 11.3 Å². The highest BCUT2D eigenvalue weighted by atomic mass is 32.1. The second-order valence-electron chi connectivity index (χ2n) is 2.14. The van der Waals surface area contributed by atoms with Crippen molar-refractivity contribution in [1.82, 2.24) is 0 Å². The number of nitrogens with one attached hydrogen (secondary N) is 1. The van der Waals surface area contributed by atoms with Gasteiger partial charge >= 0.3 is 0 Å². The average molecular weight is 167 g/mol. The minimum atomic E-state index is -0.164. The van der Waals surface area contributed by atoms with Crippen LogP contribution in [0.1, 0.15) is 4.88 Å². The first-order chi connectivity index (χ1) is 5.22. The van der Waals surface area contributed by atoms with Crippen LogP contribution in [0.3, 0.4) is 0 Å². The molecule has 0 saturated heterocycles. The Balaban J connectivity index is 2.64. The molecule has 0 aromatic carbocycles. The summed E-state index contributed by atoms with van der Waals surface area (Å²) in [5, 5.41) is 4.57. The normalized spacial score (nSPS) is 9.18. The lowest BCUT2D eigenvalue weighted by molar-refractivity contribution is -0.111. The molecule has 0 atom stereocenters. The average Bonchev–Trinajstić information content (AvgIpc) is 2.35. The van der Waals surface area contributed by atoms with Gasteiger partial charge in [0.25, 0.3) is 0 Å². The Labute approximate surface area is 69.6 Å². The molecule has 0 saturated carbocycles. The summed E-state index contributed by atoms with van der Waals surface area (Å²) in [6.45, 7) is 5.35. The smallest absolute Gasteiger partial charge is 0.247 e. The van der Waals surface area contributed by atoms with Crippen molar-refractivity contribution in [2.45, 2.75) is 6.92 Å². The van der Waals surface area contributed by atoms with Crippen LogP contribution in [-0.4, -0.2) is 5.91 Å². The van der Waals surface area contributed by atoms with Crippen LogP contribution in [0.5, 0.6) is 0 Å². The monoisotopic (exact) mass is 167 g/mol. The third kappa shape index (κ3) is 2.20. The van der Waals surface area contributed by atoms with Crippen molar-refractivity contribution in [2.75, 3.05) is 5.32 Å². The molecule has 3 heteroatoms. The van der Waals surface area contributed by atoms with Crippen LogP contribution in [0.15, 0.2) is 24.1 Å². The van der Waals surface area contributed by atoms with E-state index in [4.69, 9.17) is 0 Å². The number of anilines is 1. The Kier molecular flexibility index (Phi) is 2.44. The van der Waals surface area contributed by atoms with Gasteiger partial charge in [0.15, 0.2) is 0 Å². The van der Waals surface area contributed by atoms with Crippen molar-refractivity contribution >= 4 is 22.9 Å². The van der Waals surface area contributed by atoms with E-state index in [0.717, 1.165) is 5.69 Å². The van der Waals surface area contributed by atoms with E-state index in [-0.39, 0.29) is 5.91 Å². The van der Waals surface area contributed by atoms with E-state index < -0.39 is 0 Å². The maximum atomic E-state index is 10.8. The first-order valence-electron chi connectivity index (χ1n) is 3.21. The van der Waals surface area contributed by atoms with E-state index in [9.17, 15) is 4.79 Å². The van der Waals surface area contributed by atoms with Gasteiger partial charge in [0, 0.05) is 10.3 Å². The molecule has 1 aromatic heterocycles. The van der Waals surface area contributed by atoms with E-state index in [0.29, 0.717) is 0 Å². The zero-order valence-corrected chi connectivity index (χ0v) is 7.07. The van der Waals surface area contributed by atoms with Crippen molar-refractivity contribution in [3.63, 3.8) is 0 Å². The Morgan fingerprint density at radius 1 is 1.82 bits per heavy atom. The van der Waals surface area contributed by atoms with Crippen molar-refractivity contribution in [2.24, 2.45) is 0 Å². The van der Waals surface area contributed by atoms with Gasteiger partial charge in [-0.25, -0.2) is 0 Å². The largest absolute Gasteiger partial charge is 0.322 e. The lowest BCUT2D eigenvalue weighted by atomic mass is 10.4. The van der Waals surface area contributed by atoms with Crippen molar-refractivity contribution in [3.8, 4) is 0 Å². The number of hydrogen-bond acceptors (Lipinski definition) is 2. The number of amides is 1. The summed E-state index contributed by atoms with van der Waals surface area (Å²) < 4.78 is 0. The zero-order chi connectivity index (χ0) is 8.27. The summed E-state index contributed by atoms with van der Waals surface area (Å²) in [6.07, 6.45) is 1.26. The number of thiophene rings is 1. The molecular formula is C8H9NOS. The third-order valence-electron chi connectivity index (χ3n) is 1.18. The van der Waals surface area contributed by atoms with Gasteiger partial charge in [-0.15, -0.1) is 11.3 Å². The molecule has 0 radical (unpaired) electrons. The second kappa shape index (κ2) is 3.34. The van der Waals surface area contributed by atoms with Gasteiger partial charge in [-0.05, 0) is 19.1 Å². The van der Waals surface area contributed by atoms with Crippen LogP contribution in [0.25, 0.3) is 0 Å². The summed E-state index contributed by atoms with van der Waals surface area (Å²) >= 11 is 1.61. The van der Waals surface area contributed by atoms with E-state index in [2.05, 4.69) is 11.9 Å². The van der Waals surface area contributed by atoms with E-state index in [1.165, 1.54) is 11.0 Å². The summed E-state index contributed by atoms with van der Waals surface area (Å²) in [7, 11) is 0. The predicted octanol–water partition coefficient (Wildman–Crippen LogP) is 2.18.